The molecule has 1 N–H and O–H groups in total. The monoisotopic (exact) mass is 206 g/mol. The number of methoxy groups -OCH3 is 1. The molecule has 0 bridgehead atoms. The second-order valence-corrected chi connectivity index (χ2v) is 4.33. The average Bonchev–Trinajstić information content (AvgIpc) is 3.04. The highest BCUT2D eigenvalue weighted by Gasteiger charge is 2.53. The maximum Gasteiger partial charge on any atom is 0.119 e. The van der Waals surface area contributed by atoms with Crippen LogP contribution in [0.4, 0.5) is 0 Å². The molecular formula is C13H18O2. The maximum absolute atomic E-state index is 9.23. The molecule has 0 saturated heterocycles. The third kappa shape index (κ3) is 1.63. The minimum Gasteiger partial charge on any atom is -0.497 e. The Balaban J connectivity index is 2.28. The molecule has 1 aliphatic rings. The SMILES string of the molecule is CCC1(c2cccc(OC)c2)CC1CO. The van der Waals surface area contributed by atoms with Gasteiger partial charge in [-0.05, 0) is 36.5 Å². The van der Waals surface area contributed by atoms with E-state index in [1.165, 1.54) is 5.56 Å². The second kappa shape index (κ2) is 3.86. The van der Waals surface area contributed by atoms with Crippen molar-refractivity contribution >= 4 is 0 Å². The van der Waals surface area contributed by atoms with Crippen LogP contribution in [0, 0.1) is 5.92 Å². The highest BCUT2D eigenvalue weighted by atomic mass is 16.5. The lowest BCUT2D eigenvalue weighted by atomic mass is 9.90. The molecule has 0 aliphatic heterocycles. The summed E-state index contributed by atoms with van der Waals surface area (Å²) < 4.78 is 5.23. The Bertz CT molecular complexity index is 348. The summed E-state index contributed by atoms with van der Waals surface area (Å²) in [5.74, 6) is 1.35. The van der Waals surface area contributed by atoms with Gasteiger partial charge in [0.05, 0.1) is 7.11 Å². The molecule has 0 aromatic heterocycles. The Morgan fingerprint density at radius 2 is 2.33 bits per heavy atom. The molecule has 0 amide bonds. The van der Waals surface area contributed by atoms with Gasteiger partial charge >= 0.3 is 0 Å². The maximum atomic E-state index is 9.23. The van der Waals surface area contributed by atoms with E-state index in [0.717, 1.165) is 18.6 Å². The number of aliphatic hydroxyl groups is 1. The van der Waals surface area contributed by atoms with Crippen molar-refractivity contribution in [3.63, 3.8) is 0 Å². The van der Waals surface area contributed by atoms with Gasteiger partial charge in [-0.15, -0.1) is 0 Å². The first kappa shape index (κ1) is 10.5. The molecule has 1 fully saturated rings. The van der Waals surface area contributed by atoms with E-state index in [9.17, 15) is 5.11 Å². The van der Waals surface area contributed by atoms with Crippen LogP contribution in [-0.4, -0.2) is 18.8 Å². The Morgan fingerprint density at radius 1 is 1.53 bits per heavy atom. The predicted molar refractivity (Wildman–Crippen MR) is 60.2 cm³/mol. The lowest BCUT2D eigenvalue weighted by molar-refractivity contribution is 0.262. The van der Waals surface area contributed by atoms with E-state index in [-0.39, 0.29) is 5.41 Å². The molecule has 1 aliphatic carbocycles. The zero-order valence-corrected chi connectivity index (χ0v) is 9.36. The van der Waals surface area contributed by atoms with Crippen LogP contribution in [0.25, 0.3) is 0 Å². The van der Waals surface area contributed by atoms with Crippen molar-refractivity contribution in [3.05, 3.63) is 29.8 Å². The summed E-state index contributed by atoms with van der Waals surface area (Å²) in [6.45, 7) is 2.49. The number of rotatable bonds is 4. The van der Waals surface area contributed by atoms with Crippen LogP contribution in [0.2, 0.25) is 0 Å². The summed E-state index contributed by atoms with van der Waals surface area (Å²) in [7, 11) is 1.69. The van der Waals surface area contributed by atoms with Gasteiger partial charge in [0, 0.05) is 12.0 Å². The average molecular weight is 206 g/mol. The van der Waals surface area contributed by atoms with E-state index in [1.807, 2.05) is 12.1 Å². The lowest BCUT2D eigenvalue weighted by Crippen LogP contribution is -2.10. The first-order valence-corrected chi connectivity index (χ1v) is 5.52. The Kier molecular flexibility index (Phi) is 2.70. The van der Waals surface area contributed by atoms with E-state index in [0.29, 0.717) is 12.5 Å². The van der Waals surface area contributed by atoms with Gasteiger partial charge in [-0.25, -0.2) is 0 Å². The molecule has 15 heavy (non-hydrogen) atoms. The van der Waals surface area contributed by atoms with Crippen LogP contribution in [-0.2, 0) is 5.41 Å². The fourth-order valence-electron chi connectivity index (χ4n) is 2.54. The number of aliphatic hydroxyl groups excluding tert-OH is 1. The largest absolute Gasteiger partial charge is 0.497 e. The lowest BCUT2D eigenvalue weighted by Gasteiger charge is -2.16. The molecule has 0 radical (unpaired) electrons. The van der Waals surface area contributed by atoms with Gasteiger partial charge in [0.2, 0.25) is 0 Å². The smallest absolute Gasteiger partial charge is 0.119 e. The van der Waals surface area contributed by atoms with Gasteiger partial charge in [0.25, 0.3) is 0 Å². The number of ether oxygens (including phenoxy) is 1. The van der Waals surface area contributed by atoms with E-state index in [4.69, 9.17) is 4.74 Å². The molecule has 2 heteroatoms. The van der Waals surface area contributed by atoms with Crippen molar-refractivity contribution in [1.82, 2.24) is 0 Å². The molecule has 0 heterocycles. The number of hydrogen-bond acceptors (Lipinski definition) is 2. The zero-order chi connectivity index (χ0) is 10.9. The Hall–Kier alpha value is -1.02. The molecule has 2 rings (SSSR count). The van der Waals surface area contributed by atoms with Crippen LogP contribution in [0.1, 0.15) is 25.3 Å². The van der Waals surface area contributed by atoms with E-state index < -0.39 is 0 Å². The molecule has 1 aromatic carbocycles. The summed E-state index contributed by atoms with van der Waals surface area (Å²) in [6, 6.07) is 8.22. The molecule has 1 saturated carbocycles. The van der Waals surface area contributed by atoms with Crippen molar-refractivity contribution < 1.29 is 9.84 Å². The first-order chi connectivity index (χ1) is 7.26. The minimum absolute atomic E-state index is 0.212. The van der Waals surface area contributed by atoms with Gasteiger partial charge in [-0.1, -0.05) is 19.1 Å². The van der Waals surface area contributed by atoms with Crippen LogP contribution >= 0.6 is 0 Å². The van der Waals surface area contributed by atoms with Gasteiger partial charge in [-0.3, -0.25) is 0 Å². The highest BCUT2D eigenvalue weighted by molar-refractivity contribution is 5.39. The van der Waals surface area contributed by atoms with Gasteiger partial charge in [0.15, 0.2) is 0 Å². The summed E-state index contributed by atoms with van der Waals surface area (Å²) in [5.41, 5.74) is 1.52. The van der Waals surface area contributed by atoms with Crippen LogP contribution < -0.4 is 4.74 Å². The second-order valence-electron chi connectivity index (χ2n) is 4.33. The van der Waals surface area contributed by atoms with Crippen LogP contribution in [0.3, 0.4) is 0 Å². The Labute approximate surface area is 90.9 Å². The van der Waals surface area contributed by atoms with Crippen molar-refractivity contribution in [2.45, 2.75) is 25.2 Å². The molecule has 1 aromatic rings. The normalized spacial score (nSPS) is 28.9. The summed E-state index contributed by atoms with van der Waals surface area (Å²) in [4.78, 5) is 0. The van der Waals surface area contributed by atoms with Gasteiger partial charge in [-0.2, -0.15) is 0 Å². The highest BCUT2D eigenvalue weighted by Crippen LogP contribution is 2.56. The standard InChI is InChI=1S/C13H18O2/c1-3-13(8-11(13)9-14)10-5-4-6-12(7-10)15-2/h4-7,11,14H,3,8-9H2,1-2H3. The molecule has 2 unspecified atom stereocenters. The van der Waals surface area contributed by atoms with Gasteiger partial charge in [0.1, 0.15) is 5.75 Å². The zero-order valence-electron chi connectivity index (χ0n) is 9.36. The van der Waals surface area contributed by atoms with E-state index >= 15 is 0 Å². The van der Waals surface area contributed by atoms with Crippen molar-refractivity contribution in [2.75, 3.05) is 13.7 Å². The quantitative estimate of drug-likeness (QED) is 0.819. The summed E-state index contributed by atoms with van der Waals surface area (Å²) in [5, 5.41) is 9.23. The van der Waals surface area contributed by atoms with Crippen LogP contribution in [0.5, 0.6) is 5.75 Å². The predicted octanol–water partition coefficient (Wildman–Crippen LogP) is 2.36. The molecule has 0 spiro atoms. The minimum atomic E-state index is 0.212. The molecule has 2 nitrogen and oxygen atoms in total. The first-order valence-electron chi connectivity index (χ1n) is 5.52. The molecule has 82 valence electrons. The van der Waals surface area contributed by atoms with Crippen LogP contribution in [0.15, 0.2) is 24.3 Å². The topological polar surface area (TPSA) is 29.5 Å². The van der Waals surface area contributed by atoms with E-state index in [1.54, 1.807) is 7.11 Å². The van der Waals surface area contributed by atoms with E-state index in [2.05, 4.69) is 19.1 Å². The molecule has 2 atom stereocenters. The van der Waals surface area contributed by atoms with Crippen molar-refractivity contribution in [2.24, 2.45) is 5.92 Å². The van der Waals surface area contributed by atoms with Crippen molar-refractivity contribution in [3.8, 4) is 5.75 Å². The fraction of sp³-hybridized carbons (Fsp3) is 0.538. The number of benzene rings is 1. The van der Waals surface area contributed by atoms with Crippen molar-refractivity contribution in [1.29, 1.82) is 0 Å². The summed E-state index contributed by atoms with van der Waals surface area (Å²) in [6.07, 6.45) is 2.19. The third-order valence-corrected chi connectivity index (χ3v) is 3.73. The third-order valence-electron chi connectivity index (χ3n) is 3.73. The number of hydrogen-bond donors (Lipinski definition) is 1. The van der Waals surface area contributed by atoms with Gasteiger partial charge < -0.3 is 9.84 Å². The molecular weight excluding hydrogens is 188 g/mol. The summed E-state index contributed by atoms with van der Waals surface area (Å²) >= 11 is 0. The fourth-order valence-corrected chi connectivity index (χ4v) is 2.54. The Morgan fingerprint density at radius 3 is 2.87 bits per heavy atom.